The molecule has 1 amide bonds. The highest BCUT2D eigenvalue weighted by Gasteiger charge is 2.24. The lowest BCUT2D eigenvalue weighted by atomic mass is 10.0. The minimum atomic E-state index is -1.04. The van der Waals surface area contributed by atoms with E-state index in [1.165, 1.54) is 0 Å². The van der Waals surface area contributed by atoms with E-state index in [1.807, 2.05) is 13.0 Å². The van der Waals surface area contributed by atoms with Crippen LogP contribution in [0.25, 0.3) is 0 Å². The van der Waals surface area contributed by atoms with Gasteiger partial charge in [0.25, 0.3) is 5.91 Å². The number of amides is 1. The normalized spacial score (nSPS) is 18.6. The summed E-state index contributed by atoms with van der Waals surface area (Å²) in [5, 5.41) is 12.0. The molecule has 20 heavy (non-hydrogen) atoms. The van der Waals surface area contributed by atoms with E-state index >= 15 is 0 Å². The monoisotopic (exact) mass is 277 g/mol. The van der Waals surface area contributed by atoms with Gasteiger partial charge in [0, 0.05) is 6.61 Å². The molecule has 108 valence electrons. The van der Waals surface area contributed by atoms with Crippen LogP contribution < -0.4 is 5.32 Å². The van der Waals surface area contributed by atoms with E-state index in [-0.39, 0.29) is 11.5 Å². The fourth-order valence-electron chi connectivity index (χ4n) is 2.45. The number of carbonyl (C=O) groups excluding carboxylic acids is 1. The lowest BCUT2D eigenvalue weighted by Gasteiger charge is -2.22. The summed E-state index contributed by atoms with van der Waals surface area (Å²) in [5.41, 5.74) is 2.08. The molecule has 0 spiro atoms. The molecule has 2 rings (SSSR count). The Balaban J connectivity index is 2.23. The first-order chi connectivity index (χ1) is 9.49. The van der Waals surface area contributed by atoms with E-state index in [1.54, 1.807) is 13.0 Å². The predicted molar refractivity (Wildman–Crippen MR) is 75.1 cm³/mol. The third-order valence-corrected chi connectivity index (χ3v) is 3.43. The number of carboxylic acids is 1. The Morgan fingerprint density at radius 2 is 2.05 bits per heavy atom. The van der Waals surface area contributed by atoms with Crippen molar-refractivity contribution in [1.82, 2.24) is 0 Å². The van der Waals surface area contributed by atoms with Crippen molar-refractivity contribution >= 4 is 17.6 Å². The Kier molecular flexibility index (Phi) is 4.39. The maximum absolute atomic E-state index is 12.2. The summed E-state index contributed by atoms with van der Waals surface area (Å²) in [6.45, 7) is 4.20. The topological polar surface area (TPSA) is 75.6 Å². The smallest absolute Gasteiger partial charge is 0.337 e. The molecule has 0 bridgehead atoms. The number of aromatic carboxylic acids is 1. The summed E-state index contributed by atoms with van der Waals surface area (Å²) in [5.74, 6) is -1.31. The molecule has 1 aliphatic rings. The zero-order chi connectivity index (χ0) is 14.7. The van der Waals surface area contributed by atoms with Crippen molar-refractivity contribution in [2.45, 2.75) is 39.2 Å². The van der Waals surface area contributed by atoms with Crippen LogP contribution >= 0.6 is 0 Å². The van der Waals surface area contributed by atoms with Gasteiger partial charge in [-0.1, -0.05) is 6.07 Å². The van der Waals surface area contributed by atoms with Crippen LogP contribution in [0.2, 0.25) is 0 Å². The van der Waals surface area contributed by atoms with Crippen LogP contribution in [0.5, 0.6) is 0 Å². The van der Waals surface area contributed by atoms with E-state index in [0.717, 1.165) is 24.0 Å². The van der Waals surface area contributed by atoms with E-state index < -0.39 is 12.1 Å². The third-order valence-electron chi connectivity index (χ3n) is 3.43. The van der Waals surface area contributed by atoms with Gasteiger partial charge in [-0.2, -0.15) is 0 Å². The molecule has 1 atom stereocenters. The standard InChI is InChI=1S/C15H19NO4/c1-9-7-10(2)13(11(8-9)15(18)19)16-14(17)12-5-3-4-6-20-12/h7-8,12H,3-6H2,1-2H3,(H,16,17)(H,18,19). The second-order valence-electron chi connectivity index (χ2n) is 5.15. The first kappa shape index (κ1) is 14.5. The van der Waals surface area contributed by atoms with E-state index in [2.05, 4.69) is 5.32 Å². The third kappa shape index (κ3) is 3.17. The first-order valence-corrected chi connectivity index (χ1v) is 6.76. The lowest BCUT2D eigenvalue weighted by molar-refractivity contribution is -0.129. The van der Waals surface area contributed by atoms with Crippen LogP contribution in [-0.2, 0) is 9.53 Å². The number of anilines is 1. The summed E-state index contributed by atoms with van der Waals surface area (Å²) in [6.07, 6.45) is 2.12. The van der Waals surface area contributed by atoms with Crippen LogP contribution in [0.15, 0.2) is 12.1 Å². The molecular formula is C15H19NO4. The number of ether oxygens (including phenoxy) is 1. The van der Waals surface area contributed by atoms with Crippen molar-refractivity contribution < 1.29 is 19.4 Å². The maximum Gasteiger partial charge on any atom is 0.337 e. The van der Waals surface area contributed by atoms with Gasteiger partial charge in [0.05, 0.1) is 11.3 Å². The molecule has 1 heterocycles. The Labute approximate surface area is 117 Å². The van der Waals surface area contributed by atoms with Crippen LogP contribution in [0.3, 0.4) is 0 Å². The summed E-state index contributed by atoms with van der Waals surface area (Å²) >= 11 is 0. The first-order valence-electron chi connectivity index (χ1n) is 6.76. The number of aryl methyl sites for hydroxylation is 2. The quantitative estimate of drug-likeness (QED) is 0.890. The molecule has 0 saturated carbocycles. The summed E-state index contributed by atoms with van der Waals surface area (Å²) in [7, 11) is 0. The maximum atomic E-state index is 12.2. The second kappa shape index (κ2) is 6.05. The molecule has 1 aromatic rings. The average Bonchev–Trinajstić information content (AvgIpc) is 2.42. The van der Waals surface area contributed by atoms with Crippen LogP contribution in [0, 0.1) is 13.8 Å². The average molecular weight is 277 g/mol. The molecule has 5 heteroatoms. The highest BCUT2D eigenvalue weighted by atomic mass is 16.5. The van der Waals surface area contributed by atoms with Gasteiger partial charge in [0.2, 0.25) is 0 Å². The minimum Gasteiger partial charge on any atom is -0.478 e. The molecule has 1 aromatic carbocycles. The SMILES string of the molecule is Cc1cc(C)c(NC(=O)C2CCCCO2)c(C(=O)O)c1. The van der Waals surface area contributed by atoms with Gasteiger partial charge < -0.3 is 15.2 Å². The molecule has 0 aliphatic carbocycles. The van der Waals surface area contributed by atoms with E-state index in [4.69, 9.17) is 4.74 Å². The van der Waals surface area contributed by atoms with Gasteiger partial charge >= 0.3 is 5.97 Å². The van der Waals surface area contributed by atoms with E-state index in [9.17, 15) is 14.7 Å². The molecule has 1 saturated heterocycles. The molecule has 1 fully saturated rings. The van der Waals surface area contributed by atoms with Crippen LogP contribution in [0.1, 0.15) is 40.7 Å². The van der Waals surface area contributed by atoms with Gasteiger partial charge in [-0.05, 0) is 50.3 Å². The zero-order valence-corrected chi connectivity index (χ0v) is 11.7. The second-order valence-corrected chi connectivity index (χ2v) is 5.15. The molecule has 0 aromatic heterocycles. The largest absolute Gasteiger partial charge is 0.478 e. The zero-order valence-electron chi connectivity index (χ0n) is 11.7. The van der Waals surface area contributed by atoms with Crippen molar-refractivity contribution in [3.8, 4) is 0 Å². The van der Waals surface area contributed by atoms with E-state index in [0.29, 0.717) is 18.7 Å². The Morgan fingerprint density at radius 3 is 2.65 bits per heavy atom. The molecule has 1 aliphatic heterocycles. The summed E-state index contributed by atoms with van der Waals surface area (Å²) in [6, 6.07) is 3.41. The number of hydrogen-bond donors (Lipinski definition) is 2. The van der Waals surface area contributed by atoms with Gasteiger partial charge in [-0.3, -0.25) is 4.79 Å². The molecule has 2 N–H and O–H groups in total. The summed E-state index contributed by atoms with van der Waals surface area (Å²) in [4.78, 5) is 23.5. The molecule has 5 nitrogen and oxygen atoms in total. The number of carboxylic acid groups (broad SMARTS) is 1. The lowest BCUT2D eigenvalue weighted by Crippen LogP contribution is -2.33. The van der Waals surface area contributed by atoms with Gasteiger partial charge in [0.15, 0.2) is 0 Å². The van der Waals surface area contributed by atoms with Crippen molar-refractivity contribution in [1.29, 1.82) is 0 Å². The van der Waals surface area contributed by atoms with Crippen molar-refractivity contribution in [3.63, 3.8) is 0 Å². The van der Waals surface area contributed by atoms with Crippen molar-refractivity contribution in [3.05, 3.63) is 28.8 Å². The van der Waals surface area contributed by atoms with Gasteiger partial charge in [0.1, 0.15) is 6.10 Å². The van der Waals surface area contributed by atoms with Gasteiger partial charge in [-0.15, -0.1) is 0 Å². The molecular weight excluding hydrogens is 258 g/mol. The van der Waals surface area contributed by atoms with Crippen molar-refractivity contribution in [2.24, 2.45) is 0 Å². The highest BCUT2D eigenvalue weighted by molar-refractivity contribution is 6.03. The Bertz CT molecular complexity index is 533. The molecule has 0 radical (unpaired) electrons. The Hall–Kier alpha value is -1.88. The number of nitrogens with one attached hydrogen (secondary N) is 1. The number of benzene rings is 1. The number of carbonyl (C=O) groups is 2. The van der Waals surface area contributed by atoms with Crippen LogP contribution in [0.4, 0.5) is 5.69 Å². The summed E-state index contributed by atoms with van der Waals surface area (Å²) < 4.78 is 5.42. The fourth-order valence-corrected chi connectivity index (χ4v) is 2.45. The fraction of sp³-hybridized carbons (Fsp3) is 0.467. The highest BCUT2D eigenvalue weighted by Crippen LogP contribution is 2.24. The number of hydrogen-bond acceptors (Lipinski definition) is 3. The number of rotatable bonds is 3. The van der Waals surface area contributed by atoms with Crippen molar-refractivity contribution in [2.75, 3.05) is 11.9 Å². The minimum absolute atomic E-state index is 0.117. The Morgan fingerprint density at radius 1 is 1.30 bits per heavy atom. The molecule has 1 unspecified atom stereocenters. The van der Waals surface area contributed by atoms with Gasteiger partial charge in [-0.25, -0.2) is 4.79 Å². The van der Waals surface area contributed by atoms with Crippen LogP contribution in [-0.4, -0.2) is 29.7 Å². The predicted octanol–water partition coefficient (Wildman–Crippen LogP) is 2.51.